The van der Waals surface area contributed by atoms with Gasteiger partial charge in [0, 0.05) is 0 Å². The van der Waals surface area contributed by atoms with Gasteiger partial charge in [0.1, 0.15) is 6.67 Å². The van der Waals surface area contributed by atoms with Crippen molar-refractivity contribution in [2.75, 3.05) is 12.0 Å². The molecule has 0 unspecified atom stereocenters. The summed E-state index contributed by atoms with van der Waals surface area (Å²) in [5.41, 5.74) is 2.23. The monoisotopic (exact) mass is 119 g/mol. The van der Waals surface area contributed by atoms with E-state index in [-0.39, 0.29) is 0 Å². The Hall–Kier alpha value is -1.18. The molecule has 0 saturated carbocycles. The fourth-order valence-corrected chi connectivity index (χ4v) is 0.971. The van der Waals surface area contributed by atoms with E-state index in [0.717, 1.165) is 18.0 Å². The van der Waals surface area contributed by atoms with Crippen LogP contribution in [0.2, 0.25) is 0 Å². The third kappa shape index (κ3) is 0.633. The summed E-state index contributed by atoms with van der Waals surface area (Å²) in [6.45, 7) is 0.735. The van der Waals surface area contributed by atoms with Crippen LogP contribution in [0.4, 0.5) is 11.4 Å². The lowest BCUT2D eigenvalue weighted by atomic mass is 10.3. The zero-order valence-electron chi connectivity index (χ0n) is 4.96. The van der Waals surface area contributed by atoms with Gasteiger partial charge in [-0.3, -0.25) is 5.32 Å². The molecule has 9 heavy (non-hydrogen) atoms. The normalized spacial score (nSPS) is 13.8. The molecule has 0 aliphatic carbocycles. The molecule has 45 valence electrons. The molecule has 1 N–H and O–H groups in total. The van der Waals surface area contributed by atoms with Crippen molar-refractivity contribution in [2.45, 2.75) is 0 Å². The highest BCUT2D eigenvalue weighted by molar-refractivity contribution is 5.67. The molecule has 2 heteroatoms. The third-order valence-corrected chi connectivity index (χ3v) is 1.42. The summed E-state index contributed by atoms with van der Waals surface area (Å²) in [7, 11) is 0. The van der Waals surface area contributed by atoms with Crippen LogP contribution in [0.5, 0.6) is 0 Å². The van der Waals surface area contributed by atoms with Crippen LogP contribution in [0.1, 0.15) is 0 Å². The number of anilines is 1. The zero-order valence-corrected chi connectivity index (χ0v) is 4.96. The molecular weight excluding hydrogens is 112 g/mol. The average molecular weight is 119 g/mol. The van der Waals surface area contributed by atoms with Crippen LogP contribution < -0.4 is 10.6 Å². The van der Waals surface area contributed by atoms with E-state index in [0.29, 0.717) is 0 Å². The minimum absolute atomic E-state index is 0.735. The summed E-state index contributed by atoms with van der Waals surface area (Å²) in [5.74, 6) is 0. The van der Waals surface area contributed by atoms with Gasteiger partial charge >= 0.3 is 0 Å². The summed E-state index contributed by atoms with van der Waals surface area (Å²) in [5, 5.41) is 7.32. The lowest BCUT2D eigenvalue weighted by Crippen LogP contribution is -1.97. The summed E-state index contributed by atoms with van der Waals surface area (Å²) < 4.78 is 0. The van der Waals surface area contributed by atoms with Crippen LogP contribution in [0.3, 0.4) is 0 Å². The Morgan fingerprint density at radius 2 is 2.22 bits per heavy atom. The second-order valence-electron chi connectivity index (χ2n) is 2.01. The van der Waals surface area contributed by atoms with Crippen molar-refractivity contribution in [2.24, 2.45) is 0 Å². The van der Waals surface area contributed by atoms with Crippen molar-refractivity contribution in [1.29, 1.82) is 0 Å². The quantitative estimate of drug-likeness (QED) is 0.547. The van der Waals surface area contributed by atoms with Gasteiger partial charge < -0.3 is 5.32 Å². The Kier molecular flexibility index (Phi) is 0.859. The van der Waals surface area contributed by atoms with Crippen molar-refractivity contribution in [3.63, 3.8) is 0 Å². The van der Waals surface area contributed by atoms with Crippen molar-refractivity contribution >= 4 is 11.4 Å². The first-order valence-electron chi connectivity index (χ1n) is 2.97. The number of fused-ring (bicyclic) bond motifs is 1. The van der Waals surface area contributed by atoms with E-state index in [1.807, 2.05) is 24.3 Å². The van der Waals surface area contributed by atoms with Gasteiger partial charge in [-0.25, -0.2) is 0 Å². The minimum atomic E-state index is 0.735. The Balaban J connectivity index is 2.54. The lowest BCUT2D eigenvalue weighted by molar-refractivity contribution is 0.983. The molecule has 0 atom stereocenters. The molecule has 1 aromatic rings. The second-order valence-corrected chi connectivity index (χ2v) is 2.01. The topological polar surface area (TPSA) is 26.1 Å². The molecule has 0 amide bonds. The predicted molar refractivity (Wildman–Crippen MR) is 36.7 cm³/mol. The number of benzene rings is 1. The largest absolute Gasteiger partial charge is 0.365 e. The highest BCUT2D eigenvalue weighted by Gasteiger charge is 2.06. The highest BCUT2D eigenvalue weighted by Crippen LogP contribution is 2.24. The molecule has 2 rings (SSSR count). The van der Waals surface area contributed by atoms with Gasteiger partial charge in [0.05, 0.1) is 11.4 Å². The maximum atomic E-state index is 4.19. The number of para-hydroxylation sites is 2. The van der Waals surface area contributed by atoms with Gasteiger partial charge in [0.15, 0.2) is 0 Å². The van der Waals surface area contributed by atoms with Crippen molar-refractivity contribution in [3.05, 3.63) is 24.3 Å². The molecule has 1 aliphatic rings. The second kappa shape index (κ2) is 1.65. The summed E-state index contributed by atoms with van der Waals surface area (Å²) in [6.07, 6.45) is 0. The Bertz CT molecular complexity index is 197. The van der Waals surface area contributed by atoms with E-state index in [1.165, 1.54) is 0 Å². The van der Waals surface area contributed by atoms with Crippen molar-refractivity contribution < 1.29 is 0 Å². The minimum Gasteiger partial charge on any atom is -0.365 e. The molecule has 1 radical (unpaired) electrons. The molecule has 2 nitrogen and oxygen atoms in total. The number of hydrogen-bond donors (Lipinski definition) is 1. The maximum absolute atomic E-state index is 4.19. The molecular formula is C7H7N2. The molecule has 0 fully saturated rings. The van der Waals surface area contributed by atoms with Gasteiger partial charge in [-0.05, 0) is 12.1 Å². The van der Waals surface area contributed by atoms with Gasteiger partial charge in [-0.2, -0.15) is 0 Å². The van der Waals surface area contributed by atoms with Crippen molar-refractivity contribution in [1.82, 2.24) is 5.32 Å². The van der Waals surface area contributed by atoms with Gasteiger partial charge in [0.2, 0.25) is 0 Å². The van der Waals surface area contributed by atoms with E-state index >= 15 is 0 Å². The van der Waals surface area contributed by atoms with Gasteiger partial charge in [-0.1, -0.05) is 12.1 Å². The van der Waals surface area contributed by atoms with Crippen LogP contribution in [0.15, 0.2) is 24.3 Å². The summed E-state index contributed by atoms with van der Waals surface area (Å²) >= 11 is 0. The number of nitrogens with zero attached hydrogens (tertiary/aromatic N) is 1. The lowest BCUT2D eigenvalue weighted by Gasteiger charge is -1.91. The molecule has 0 spiro atoms. The molecule has 0 saturated heterocycles. The molecule has 1 aliphatic heterocycles. The molecule has 0 aromatic heterocycles. The van der Waals surface area contributed by atoms with E-state index < -0.39 is 0 Å². The fourth-order valence-electron chi connectivity index (χ4n) is 0.971. The van der Waals surface area contributed by atoms with E-state index in [4.69, 9.17) is 0 Å². The molecule has 1 aromatic carbocycles. The zero-order chi connectivity index (χ0) is 6.10. The van der Waals surface area contributed by atoms with Crippen LogP contribution in [0.25, 0.3) is 0 Å². The van der Waals surface area contributed by atoms with E-state index in [2.05, 4.69) is 10.6 Å². The first kappa shape index (κ1) is 4.68. The smallest absolute Gasteiger partial charge is 0.108 e. The van der Waals surface area contributed by atoms with Crippen molar-refractivity contribution in [3.8, 4) is 0 Å². The molecule has 0 bridgehead atoms. The molecule has 1 heterocycles. The Labute approximate surface area is 53.9 Å². The first-order valence-corrected chi connectivity index (χ1v) is 2.97. The Morgan fingerprint density at radius 3 is 3.11 bits per heavy atom. The van der Waals surface area contributed by atoms with Crippen LogP contribution in [0, 0.1) is 0 Å². The SMILES string of the molecule is c1ccc2c(c1)[N]CN2. The fraction of sp³-hybridized carbons (Fsp3) is 0.143. The maximum Gasteiger partial charge on any atom is 0.108 e. The van der Waals surface area contributed by atoms with E-state index in [1.54, 1.807) is 0 Å². The number of rotatable bonds is 0. The summed E-state index contributed by atoms with van der Waals surface area (Å²) in [4.78, 5) is 0. The van der Waals surface area contributed by atoms with Crippen LogP contribution >= 0.6 is 0 Å². The van der Waals surface area contributed by atoms with Crippen LogP contribution in [-0.2, 0) is 0 Å². The Morgan fingerprint density at radius 1 is 1.33 bits per heavy atom. The number of hydrogen-bond acceptors (Lipinski definition) is 1. The first-order chi connectivity index (χ1) is 4.47. The average Bonchev–Trinajstić information content (AvgIpc) is 2.33. The summed E-state index contributed by atoms with van der Waals surface area (Å²) in [6, 6.07) is 8.04. The van der Waals surface area contributed by atoms with E-state index in [9.17, 15) is 0 Å². The predicted octanol–water partition coefficient (Wildman–Crippen LogP) is 1.31. The van der Waals surface area contributed by atoms with Gasteiger partial charge in [-0.15, -0.1) is 0 Å². The van der Waals surface area contributed by atoms with Gasteiger partial charge in [0.25, 0.3) is 0 Å². The van der Waals surface area contributed by atoms with Crippen LogP contribution in [-0.4, -0.2) is 6.67 Å². The third-order valence-electron chi connectivity index (χ3n) is 1.42. The standard InChI is InChI=1S/C7H7N2/c1-2-4-7-6(3-1)8-5-9-7/h1-4,8H,5H2. The number of nitrogens with one attached hydrogen (secondary N) is 1. The highest BCUT2D eigenvalue weighted by atomic mass is 15.1.